The Morgan fingerprint density at radius 2 is 1.88 bits per heavy atom. The molecule has 1 amide bonds. The van der Waals surface area contributed by atoms with Gasteiger partial charge in [-0.25, -0.2) is 4.98 Å². The minimum absolute atomic E-state index is 0.0388. The van der Waals surface area contributed by atoms with E-state index in [0.29, 0.717) is 13.1 Å². The molecular formula is C20H28N4O. The molecule has 0 spiro atoms. The van der Waals surface area contributed by atoms with Gasteiger partial charge in [0.25, 0.3) is 0 Å². The first-order chi connectivity index (χ1) is 12.2. The van der Waals surface area contributed by atoms with Gasteiger partial charge in [-0.1, -0.05) is 43.2 Å². The molecule has 1 aliphatic rings. The Hall–Kier alpha value is -2.14. The van der Waals surface area contributed by atoms with Crippen LogP contribution >= 0.6 is 0 Å². The molecule has 3 rings (SSSR count). The van der Waals surface area contributed by atoms with Crippen molar-refractivity contribution in [3.8, 4) is 0 Å². The zero-order chi connectivity index (χ0) is 17.5. The molecule has 2 aromatic rings. The highest BCUT2D eigenvalue weighted by Crippen LogP contribution is 2.23. The van der Waals surface area contributed by atoms with Gasteiger partial charge in [0, 0.05) is 18.9 Å². The fourth-order valence-corrected chi connectivity index (χ4v) is 3.53. The van der Waals surface area contributed by atoms with Gasteiger partial charge in [0.15, 0.2) is 0 Å². The Kier molecular flexibility index (Phi) is 6.23. The number of nitrogens with one attached hydrogen (secondary N) is 1. The number of carbonyl (C=O) groups excluding carboxylic acids is 1. The van der Waals surface area contributed by atoms with Crippen LogP contribution in [-0.2, 0) is 11.3 Å². The lowest BCUT2D eigenvalue weighted by Gasteiger charge is -2.31. The van der Waals surface area contributed by atoms with Crippen molar-refractivity contribution in [2.45, 2.75) is 45.2 Å². The zero-order valence-electron chi connectivity index (χ0n) is 15.0. The number of nitrogens with zero attached hydrogens (tertiary/aromatic N) is 3. The Labute approximate surface area is 150 Å². The smallest absolute Gasteiger partial charge is 0.240 e. The molecule has 25 heavy (non-hydrogen) atoms. The summed E-state index contributed by atoms with van der Waals surface area (Å²) in [4.78, 5) is 19.1. The number of aryl methyl sites for hydroxylation is 1. The van der Waals surface area contributed by atoms with Crippen LogP contribution in [-0.4, -0.2) is 40.0 Å². The number of carbonyl (C=O) groups is 1. The van der Waals surface area contributed by atoms with Gasteiger partial charge in [-0.2, -0.15) is 0 Å². The van der Waals surface area contributed by atoms with Gasteiger partial charge in [0.1, 0.15) is 12.4 Å². The van der Waals surface area contributed by atoms with Crippen molar-refractivity contribution in [2.24, 2.45) is 0 Å². The standard InChI is InChI=1S/C20H28N4O/c1-17-21-11-14-24(17)16-20(25)22-15-19(18-9-5-4-6-10-18)23-12-7-2-3-8-13-23/h4-6,9-11,14,19H,2-3,7-8,12-13,15-16H2,1H3,(H,22,25). The van der Waals surface area contributed by atoms with Gasteiger partial charge in [0.05, 0.1) is 6.04 Å². The van der Waals surface area contributed by atoms with E-state index >= 15 is 0 Å². The van der Waals surface area contributed by atoms with E-state index in [9.17, 15) is 4.79 Å². The third kappa shape index (κ3) is 4.92. The van der Waals surface area contributed by atoms with Gasteiger partial charge >= 0.3 is 0 Å². The van der Waals surface area contributed by atoms with Gasteiger partial charge in [0.2, 0.25) is 5.91 Å². The molecule has 0 bridgehead atoms. The molecule has 1 atom stereocenters. The molecule has 5 heteroatoms. The second-order valence-corrected chi connectivity index (χ2v) is 6.78. The molecule has 2 heterocycles. The zero-order valence-corrected chi connectivity index (χ0v) is 15.0. The van der Waals surface area contributed by atoms with Gasteiger partial charge in [-0.05, 0) is 38.4 Å². The molecule has 1 aromatic heterocycles. The van der Waals surface area contributed by atoms with Crippen molar-refractivity contribution in [3.05, 3.63) is 54.1 Å². The maximum Gasteiger partial charge on any atom is 0.240 e. The van der Waals surface area contributed by atoms with Crippen LogP contribution in [0.2, 0.25) is 0 Å². The number of hydrogen-bond donors (Lipinski definition) is 1. The van der Waals surface area contributed by atoms with Crippen molar-refractivity contribution >= 4 is 5.91 Å². The van der Waals surface area contributed by atoms with E-state index in [2.05, 4.69) is 39.5 Å². The lowest BCUT2D eigenvalue weighted by atomic mass is 10.0. The first-order valence-corrected chi connectivity index (χ1v) is 9.27. The Morgan fingerprint density at radius 1 is 1.16 bits per heavy atom. The number of aromatic nitrogens is 2. The van der Waals surface area contributed by atoms with Crippen molar-refractivity contribution in [3.63, 3.8) is 0 Å². The predicted octanol–water partition coefficient (Wildman–Crippen LogP) is 2.93. The molecule has 1 unspecified atom stereocenters. The lowest BCUT2D eigenvalue weighted by molar-refractivity contribution is -0.122. The summed E-state index contributed by atoms with van der Waals surface area (Å²) in [7, 11) is 0. The summed E-state index contributed by atoms with van der Waals surface area (Å²) in [6, 6.07) is 10.8. The molecule has 0 radical (unpaired) electrons. The summed E-state index contributed by atoms with van der Waals surface area (Å²) >= 11 is 0. The Morgan fingerprint density at radius 3 is 2.52 bits per heavy atom. The molecule has 1 N–H and O–H groups in total. The molecule has 0 saturated carbocycles. The van der Waals surface area contributed by atoms with E-state index in [1.54, 1.807) is 6.20 Å². The lowest BCUT2D eigenvalue weighted by Crippen LogP contribution is -2.39. The van der Waals surface area contributed by atoms with Crippen LogP contribution in [0.3, 0.4) is 0 Å². The average Bonchev–Trinajstić information content (AvgIpc) is 2.87. The highest BCUT2D eigenvalue weighted by atomic mass is 16.1. The summed E-state index contributed by atoms with van der Waals surface area (Å²) in [5.74, 6) is 0.902. The molecular weight excluding hydrogens is 312 g/mol. The largest absolute Gasteiger partial charge is 0.353 e. The van der Waals surface area contributed by atoms with E-state index in [4.69, 9.17) is 0 Å². The molecule has 0 aliphatic carbocycles. The second kappa shape index (κ2) is 8.81. The van der Waals surface area contributed by atoms with Crippen LogP contribution < -0.4 is 5.32 Å². The number of imidazole rings is 1. The summed E-state index contributed by atoms with van der Waals surface area (Å²) in [5.41, 5.74) is 1.28. The van der Waals surface area contributed by atoms with Crippen molar-refractivity contribution in [1.82, 2.24) is 19.8 Å². The highest BCUT2D eigenvalue weighted by Gasteiger charge is 2.22. The van der Waals surface area contributed by atoms with Crippen LogP contribution in [0.4, 0.5) is 0 Å². The van der Waals surface area contributed by atoms with E-state index < -0.39 is 0 Å². The average molecular weight is 340 g/mol. The SMILES string of the molecule is Cc1nccn1CC(=O)NCC(c1ccccc1)N1CCCCCC1. The molecule has 134 valence electrons. The van der Waals surface area contributed by atoms with Crippen LogP contribution in [0.1, 0.15) is 43.1 Å². The van der Waals surface area contributed by atoms with E-state index in [-0.39, 0.29) is 11.9 Å². The van der Waals surface area contributed by atoms with Crippen molar-refractivity contribution in [2.75, 3.05) is 19.6 Å². The Bertz CT molecular complexity index is 659. The maximum absolute atomic E-state index is 12.4. The number of rotatable bonds is 6. The minimum Gasteiger partial charge on any atom is -0.353 e. The molecule has 1 saturated heterocycles. The van der Waals surface area contributed by atoms with Crippen LogP contribution in [0.15, 0.2) is 42.7 Å². The normalized spacial score (nSPS) is 17.0. The molecule has 5 nitrogen and oxygen atoms in total. The van der Waals surface area contributed by atoms with E-state index in [1.165, 1.54) is 31.2 Å². The predicted molar refractivity (Wildman–Crippen MR) is 99.2 cm³/mol. The Balaban J connectivity index is 1.65. The van der Waals surface area contributed by atoms with Crippen LogP contribution in [0, 0.1) is 6.92 Å². The number of hydrogen-bond acceptors (Lipinski definition) is 3. The van der Waals surface area contributed by atoms with Gasteiger partial charge < -0.3 is 9.88 Å². The van der Waals surface area contributed by atoms with Crippen molar-refractivity contribution in [1.29, 1.82) is 0 Å². The minimum atomic E-state index is 0.0388. The van der Waals surface area contributed by atoms with E-state index in [0.717, 1.165) is 18.9 Å². The van der Waals surface area contributed by atoms with Crippen LogP contribution in [0.5, 0.6) is 0 Å². The summed E-state index contributed by atoms with van der Waals surface area (Å²) in [5, 5.41) is 3.14. The number of likely N-dealkylation sites (tertiary alicyclic amines) is 1. The quantitative estimate of drug-likeness (QED) is 0.880. The third-order valence-corrected chi connectivity index (χ3v) is 5.00. The van der Waals surface area contributed by atoms with Crippen LogP contribution in [0.25, 0.3) is 0 Å². The summed E-state index contributed by atoms with van der Waals surface area (Å²) in [6.45, 7) is 5.10. The first kappa shape index (κ1) is 17.7. The monoisotopic (exact) mass is 340 g/mol. The van der Waals surface area contributed by atoms with Gasteiger partial charge in [-0.3, -0.25) is 9.69 Å². The fourth-order valence-electron chi connectivity index (χ4n) is 3.53. The summed E-state index contributed by atoms with van der Waals surface area (Å²) < 4.78 is 1.87. The topological polar surface area (TPSA) is 50.2 Å². The summed E-state index contributed by atoms with van der Waals surface area (Å²) in [6.07, 6.45) is 8.68. The van der Waals surface area contributed by atoms with Gasteiger partial charge in [-0.15, -0.1) is 0 Å². The highest BCUT2D eigenvalue weighted by molar-refractivity contribution is 5.75. The third-order valence-electron chi connectivity index (χ3n) is 5.00. The second-order valence-electron chi connectivity index (χ2n) is 6.78. The molecule has 1 fully saturated rings. The van der Waals surface area contributed by atoms with Crippen molar-refractivity contribution < 1.29 is 4.79 Å². The molecule has 1 aliphatic heterocycles. The number of amides is 1. The molecule has 1 aromatic carbocycles. The fraction of sp³-hybridized carbons (Fsp3) is 0.500. The number of benzene rings is 1. The van der Waals surface area contributed by atoms with E-state index in [1.807, 2.05) is 23.8 Å². The maximum atomic E-state index is 12.4. The first-order valence-electron chi connectivity index (χ1n) is 9.27.